The third-order valence-electron chi connectivity index (χ3n) is 4.20. The molecule has 1 heterocycles. The molecule has 0 saturated heterocycles. The van der Waals surface area contributed by atoms with Crippen LogP contribution in [0.4, 0.5) is 11.4 Å². The summed E-state index contributed by atoms with van der Waals surface area (Å²) in [4.78, 5) is 27.4. The highest BCUT2D eigenvalue weighted by Gasteiger charge is 2.41. The SMILES string of the molecule is C[N+]1(C)C(=O)C(O)N=C(c2ccccc2Cl)c2cc([N+](=O)[O-])ccc21. The summed E-state index contributed by atoms with van der Waals surface area (Å²) in [5, 5.41) is 21.8. The third-order valence-corrected chi connectivity index (χ3v) is 4.53. The van der Waals surface area contributed by atoms with Gasteiger partial charge in [-0.2, -0.15) is 0 Å². The third kappa shape index (κ3) is 2.82. The van der Waals surface area contributed by atoms with E-state index in [1.165, 1.54) is 18.2 Å². The second-order valence-electron chi connectivity index (χ2n) is 6.08. The van der Waals surface area contributed by atoms with Gasteiger partial charge in [0, 0.05) is 28.8 Å². The number of hydrogen-bond donors (Lipinski definition) is 1. The predicted octanol–water partition coefficient (Wildman–Crippen LogP) is 2.51. The zero-order valence-corrected chi connectivity index (χ0v) is 14.3. The van der Waals surface area contributed by atoms with Crippen LogP contribution in [0.25, 0.3) is 0 Å². The van der Waals surface area contributed by atoms with Crippen LogP contribution in [0.15, 0.2) is 47.5 Å². The quantitative estimate of drug-likeness (QED) is 0.506. The number of halogens is 1. The first-order chi connectivity index (χ1) is 11.7. The van der Waals surface area contributed by atoms with E-state index in [0.717, 1.165) is 0 Å². The molecule has 0 radical (unpaired) electrons. The van der Waals surface area contributed by atoms with Crippen LogP contribution in [0.3, 0.4) is 0 Å². The van der Waals surface area contributed by atoms with Crippen LogP contribution in [-0.4, -0.2) is 42.0 Å². The Labute approximate surface area is 148 Å². The minimum Gasteiger partial charge on any atom is -0.361 e. The number of likely N-dealkylation sites (N-methyl/N-ethyl adjacent to an activating group) is 1. The molecule has 0 aliphatic carbocycles. The van der Waals surface area contributed by atoms with Crippen molar-refractivity contribution < 1.29 is 14.8 Å². The van der Waals surface area contributed by atoms with Crippen LogP contribution in [-0.2, 0) is 4.79 Å². The van der Waals surface area contributed by atoms with Gasteiger partial charge in [-0.05, 0) is 6.07 Å². The number of hydrogen-bond acceptors (Lipinski definition) is 5. The zero-order chi connectivity index (χ0) is 18.4. The molecule has 128 valence electrons. The number of quaternary nitrogens is 1. The Kier molecular flexibility index (Phi) is 4.16. The molecule has 0 aromatic heterocycles. The summed E-state index contributed by atoms with van der Waals surface area (Å²) >= 11 is 6.25. The summed E-state index contributed by atoms with van der Waals surface area (Å²) in [6.45, 7) is 0. The van der Waals surface area contributed by atoms with Crippen LogP contribution >= 0.6 is 11.6 Å². The van der Waals surface area contributed by atoms with Crippen molar-refractivity contribution in [2.45, 2.75) is 6.23 Å². The summed E-state index contributed by atoms with van der Waals surface area (Å²) in [5.74, 6) is -0.544. The summed E-state index contributed by atoms with van der Waals surface area (Å²) in [5.41, 5.74) is 1.47. The lowest BCUT2D eigenvalue weighted by molar-refractivity contribution is -0.384. The Hall–Kier alpha value is -2.61. The number of rotatable bonds is 2. The maximum atomic E-state index is 12.6. The normalized spacial score (nSPS) is 19.0. The van der Waals surface area contributed by atoms with Gasteiger partial charge in [-0.1, -0.05) is 29.8 Å². The molecular formula is C17H15ClN3O4+. The molecule has 0 spiro atoms. The number of nitro benzene ring substituents is 1. The van der Waals surface area contributed by atoms with Gasteiger partial charge in [0.05, 0.1) is 30.3 Å². The predicted molar refractivity (Wildman–Crippen MR) is 94.8 cm³/mol. The van der Waals surface area contributed by atoms with Gasteiger partial charge in [0.2, 0.25) is 0 Å². The second-order valence-corrected chi connectivity index (χ2v) is 6.49. The lowest BCUT2D eigenvalue weighted by Crippen LogP contribution is -2.51. The molecule has 0 saturated carbocycles. The molecule has 1 aliphatic heterocycles. The molecule has 3 rings (SSSR count). The van der Waals surface area contributed by atoms with Crippen molar-refractivity contribution in [3.63, 3.8) is 0 Å². The molecule has 0 bridgehead atoms. The average Bonchev–Trinajstić information content (AvgIpc) is 2.65. The Bertz CT molecular complexity index is 924. The Morgan fingerprint density at radius 3 is 2.52 bits per heavy atom. The summed E-state index contributed by atoms with van der Waals surface area (Å²) in [6, 6.07) is 11.0. The first-order valence-electron chi connectivity index (χ1n) is 7.42. The summed E-state index contributed by atoms with van der Waals surface area (Å²) < 4.78 is -0.300. The standard InChI is InChI=1S/C17H15ClN3O4/c1-21(2)14-8-7-10(20(24)25)9-12(14)15(19-16(22)17(21)23)11-5-3-4-6-13(11)18/h3-9,16,22H,1-2H3/q+1. The number of amides is 1. The maximum Gasteiger partial charge on any atom is 0.369 e. The van der Waals surface area contributed by atoms with Gasteiger partial charge in [0.15, 0.2) is 0 Å². The number of benzene rings is 2. The van der Waals surface area contributed by atoms with E-state index in [0.29, 0.717) is 21.8 Å². The van der Waals surface area contributed by atoms with Crippen LogP contribution in [0.5, 0.6) is 0 Å². The molecule has 7 nitrogen and oxygen atoms in total. The van der Waals surface area contributed by atoms with Crippen LogP contribution in [0, 0.1) is 10.1 Å². The fraction of sp³-hybridized carbons (Fsp3) is 0.176. The van der Waals surface area contributed by atoms with Gasteiger partial charge in [0.25, 0.3) is 11.9 Å². The van der Waals surface area contributed by atoms with Crippen LogP contribution < -0.4 is 4.48 Å². The largest absolute Gasteiger partial charge is 0.369 e. The van der Waals surface area contributed by atoms with E-state index < -0.39 is 17.1 Å². The van der Waals surface area contributed by atoms with Crippen LogP contribution in [0.1, 0.15) is 11.1 Å². The average molecular weight is 361 g/mol. The number of aliphatic hydroxyl groups is 1. The van der Waals surface area contributed by atoms with Gasteiger partial charge < -0.3 is 5.11 Å². The highest BCUT2D eigenvalue weighted by molar-refractivity contribution is 6.36. The van der Waals surface area contributed by atoms with Gasteiger partial charge >= 0.3 is 5.91 Å². The number of fused-ring (bicyclic) bond motifs is 1. The summed E-state index contributed by atoms with van der Waals surface area (Å²) in [6.07, 6.45) is -1.60. The van der Waals surface area contributed by atoms with Gasteiger partial charge in [-0.3, -0.25) is 10.1 Å². The van der Waals surface area contributed by atoms with E-state index >= 15 is 0 Å². The molecule has 1 N–H and O–H groups in total. The Balaban J connectivity index is 2.37. The number of carbonyl (C=O) groups excluding carboxylic acids is 1. The number of non-ortho nitro benzene ring substituents is 1. The van der Waals surface area contributed by atoms with Gasteiger partial charge in [0.1, 0.15) is 5.69 Å². The minimum atomic E-state index is -1.60. The van der Waals surface area contributed by atoms with E-state index in [-0.39, 0.29) is 15.9 Å². The van der Waals surface area contributed by atoms with Crippen LogP contribution in [0.2, 0.25) is 5.02 Å². The smallest absolute Gasteiger partial charge is 0.361 e. The van der Waals surface area contributed by atoms with Crippen molar-refractivity contribution in [2.24, 2.45) is 4.99 Å². The monoisotopic (exact) mass is 360 g/mol. The maximum absolute atomic E-state index is 12.6. The molecule has 2 aromatic carbocycles. The first kappa shape index (κ1) is 17.2. The van der Waals surface area contributed by atoms with E-state index in [4.69, 9.17) is 11.6 Å². The number of aliphatic imine (C=N–C) groups is 1. The lowest BCUT2D eigenvalue weighted by Gasteiger charge is -2.26. The van der Waals surface area contributed by atoms with Gasteiger partial charge in [-0.15, -0.1) is 0 Å². The Morgan fingerprint density at radius 2 is 1.88 bits per heavy atom. The van der Waals surface area contributed by atoms with Crippen molar-refractivity contribution >= 4 is 34.6 Å². The van der Waals surface area contributed by atoms with Crippen molar-refractivity contribution in [1.82, 2.24) is 4.48 Å². The molecule has 0 fully saturated rings. The summed E-state index contributed by atoms with van der Waals surface area (Å²) in [7, 11) is 3.20. The molecule has 1 atom stereocenters. The minimum absolute atomic E-state index is 0.137. The van der Waals surface area contributed by atoms with E-state index in [1.54, 1.807) is 38.4 Å². The van der Waals surface area contributed by atoms with Gasteiger partial charge in [-0.25, -0.2) is 14.3 Å². The highest BCUT2D eigenvalue weighted by Crippen LogP contribution is 2.35. The molecule has 2 aromatic rings. The van der Waals surface area contributed by atoms with E-state index in [2.05, 4.69) is 4.99 Å². The van der Waals surface area contributed by atoms with Crippen molar-refractivity contribution in [1.29, 1.82) is 0 Å². The first-order valence-corrected chi connectivity index (χ1v) is 7.80. The molecule has 1 aliphatic rings. The molecular weight excluding hydrogens is 346 g/mol. The highest BCUT2D eigenvalue weighted by atomic mass is 35.5. The molecule has 1 amide bonds. The lowest BCUT2D eigenvalue weighted by atomic mass is 9.99. The topological polar surface area (TPSA) is 92.8 Å². The number of nitrogens with zero attached hydrogens (tertiary/aromatic N) is 3. The number of nitro groups is 1. The fourth-order valence-electron chi connectivity index (χ4n) is 2.84. The van der Waals surface area contributed by atoms with Crippen molar-refractivity contribution in [3.8, 4) is 0 Å². The van der Waals surface area contributed by atoms with E-state index in [1.807, 2.05) is 0 Å². The number of carbonyl (C=O) groups is 1. The molecule has 8 heteroatoms. The second kappa shape index (κ2) is 6.03. The van der Waals surface area contributed by atoms with E-state index in [9.17, 15) is 20.0 Å². The molecule has 25 heavy (non-hydrogen) atoms. The number of aliphatic hydroxyl groups excluding tert-OH is 1. The van der Waals surface area contributed by atoms with Crippen molar-refractivity contribution in [2.75, 3.05) is 14.1 Å². The molecule has 1 unspecified atom stereocenters. The Morgan fingerprint density at radius 1 is 1.20 bits per heavy atom. The fourth-order valence-corrected chi connectivity index (χ4v) is 3.06. The van der Waals surface area contributed by atoms with Crippen molar-refractivity contribution in [3.05, 3.63) is 68.7 Å². The number of benzodiazepines with no additional fused rings is 1. The zero-order valence-electron chi connectivity index (χ0n) is 13.5.